The molecule has 0 saturated carbocycles. The van der Waals surface area contributed by atoms with Crippen LogP contribution < -0.4 is 17.0 Å². The van der Waals surface area contributed by atoms with Crippen molar-refractivity contribution in [2.24, 2.45) is 0 Å². The van der Waals surface area contributed by atoms with Gasteiger partial charge in [0.15, 0.2) is 0 Å². The number of aldehydes is 1. The van der Waals surface area contributed by atoms with E-state index in [0.29, 0.717) is 5.56 Å². The molecule has 0 aliphatic carbocycles. The quantitative estimate of drug-likeness (QED) is 0.107. The van der Waals surface area contributed by atoms with Crippen LogP contribution in [-0.2, 0) is 4.74 Å². The van der Waals surface area contributed by atoms with Gasteiger partial charge >= 0.3 is 23.1 Å². The average molecular weight is 660 g/mol. The number of hydrogen-bond acceptors (Lipinski definition) is 4. The van der Waals surface area contributed by atoms with Crippen LogP contribution in [0, 0.1) is 37.5 Å². The van der Waals surface area contributed by atoms with Gasteiger partial charge in [-0.25, -0.2) is 0 Å². The topological polar surface area (TPSA) is 63.6 Å². The third kappa shape index (κ3) is 33.2. The van der Waals surface area contributed by atoms with Crippen LogP contribution in [0.5, 0.6) is 0 Å². The fourth-order valence-corrected chi connectivity index (χ4v) is 2.45. The molecule has 1 heterocycles. The first-order valence-corrected chi connectivity index (χ1v) is 13.7. The summed E-state index contributed by atoms with van der Waals surface area (Å²) in [5.74, 6) is 4.02. The van der Waals surface area contributed by atoms with Crippen LogP contribution in [0.25, 0.3) is 0 Å². The number of aliphatic hydroxyl groups excluding tert-OH is 1. The summed E-state index contributed by atoms with van der Waals surface area (Å²) in [6, 6.07) is 27.1. The minimum absolute atomic E-state index is 0. The van der Waals surface area contributed by atoms with Crippen molar-refractivity contribution in [1.29, 1.82) is 0 Å². The van der Waals surface area contributed by atoms with E-state index in [0.717, 1.165) is 30.6 Å². The van der Waals surface area contributed by atoms with Gasteiger partial charge in [0.1, 0.15) is 12.4 Å². The van der Waals surface area contributed by atoms with Gasteiger partial charge in [-0.15, -0.1) is 12.8 Å². The number of terminal acetylenes is 3. The van der Waals surface area contributed by atoms with Crippen molar-refractivity contribution in [2.45, 2.75) is 60.5 Å². The first kappa shape index (κ1) is 52.5. The number of rotatable bonds is 3. The molecule has 1 unspecified atom stereocenters. The molecule has 0 aromatic heterocycles. The molecular weight excluding hydrogens is 613 g/mol. The van der Waals surface area contributed by atoms with Gasteiger partial charge < -0.3 is 39.7 Å². The molecule has 1 saturated heterocycles. The van der Waals surface area contributed by atoms with Gasteiger partial charge in [0, 0.05) is 24.3 Å². The maximum Gasteiger partial charge on any atom is 2.00 e. The molecule has 1 atom stereocenters. The molecule has 0 radical (unpaired) electrons. The number of Topliss-reactive ketones (excluding diaryl/α,β-unsaturated/α-hetero) is 1. The van der Waals surface area contributed by atoms with Crippen molar-refractivity contribution in [3.8, 4) is 31.1 Å². The fraction of sp³-hybridized carbons (Fsp3) is 0.297. The Kier molecular flexibility index (Phi) is 55.9. The first-order chi connectivity index (χ1) is 20.1. The summed E-state index contributed by atoms with van der Waals surface area (Å²) in [7, 11) is 0. The molecule has 0 bridgehead atoms. The van der Waals surface area contributed by atoms with Crippen molar-refractivity contribution in [3.63, 3.8) is 0 Å². The van der Waals surface area contributed by atoms with Gasteiger partial charge in [0.2, 0.25) is 5.78 Å². The zero-order valence-corrected chi connectivity index (χ0v) is 29.6. The van der Waals surface area contributed by atoms with Gasteiger partial charge in [-0.2, -0.15) is 0 Å². The Morgan fingerprint density at radius 1 is 0.791 bits per heavy atom. The Bertz CT molecular complexity index is 1050. The standard InChI is InChI=1S/C9H8O.C9H6O.C7H6O.C4H8O.3C2H6.C2H.BrH.Mg/c2*1-2-9(10)8-6-4-3-5-7-8;8-6-7-4-2-1-3-5-7;1-2-4-5-3-1;4*1-2;;/h1,3-7,9-10H;1,3-7H;1-6H;1-4H2;3*1-2H3;1H;1H;/q;;;;;;;-1;;+2/p-1. The molecular formula is C37H47BrMgO4. The van der Waals surface area contributed by atoms with Crippen LogP contribution in [0.4, 0.5) is 0 Å². The number of carbonyl (C=O) groups is 2. The van der Waals surface area contributed by atoms with E-state index in [2.05, 4.69) is 12.3 Å². The van der Waals surface area contributed by atoms with E-state index in [1.165, 1.54) is 12.8 Å². The Labute approximate surface area is 289 Å². The summed E-state index contributed by atoms with van der Waals surface area (Å²) in [6.07, 6.45) is 21.5. The average Bonchev–Trinajstić information content (AvgIpc) is 3.70. The van der Waals surface area contributed by atoms with E-state index in [1.807, 2.05) is 89.9 Å². The predicted octanol–water partition coefficient (Wildman–Crippen LogP) is 5.06. The largest absolute Gasteiger partial charge is 2.00 e. The summed E-state index contributed by atoms with van der Waals surface area (Å²) < 4.78 is 4.94. The maximum absolute atomic E-state index is 10.8. The van der Waals surface area contributed by atoms with E-state index in [1.54, 1.807) is 48.5 Å². The van der Waals surface area contributed by atoms with E-state index < -0.39 is 6.10 Å². The molecule has 43 heavy (non-hydrogen) atoms. The summed E-state index contributed by atoms with van der Waals surface area (Å²) in [5.41, 5.74) is 2.07. The van der Waals surface area contributed by atoms with Gasteiger partial charge in [-0.3, -0.25) is 9.59 Å². The Morgan fingerprint density at radius 2 is 1.16 bits per heavy atom. The number of hydrogen-bond donors (Lipinski definition) is 1. The normalized spacial score (nSPS) is 9.56. The zero-order chi connectivity index (χ0) is 32.2. The molecule has 6 heteroatoms. The third-order valence-electron chi connectivity index (χ3n) is 4.20. The third-order valence-corrected chi connectivity index (χ3v) is 4.20. The number of halogens is 1. The summed E-state index contributed by atoms with van der Waals surface area (Å²) in [5, 5.41) is 9.09. The number of ether oxygens (including phenoxy) is 1. The Balaban J connectivity index is -0.0000000984. The maximum atomic E-state index is 10.8. The minimum atomic E-state index is -0.763. The second kappa shape index (κ2) is 45.8. The number of aliphatic hydroxyl groups is 1. The molecule has 1 aliphatic heterocycles. The van der Waals surface area contributed by atoms with Crippen molar-refractivity contribution in [2.75, 3.05) is 13.2 Å². The molecule has 0 spiro atoms. The second-order valence-electron chi connectivity index (χ2n) is 6.67. The van der Waals surface area contributed by atoms with Crippen molar-refractivity contribution in [3.05, 3.63) is 114 Å². The molecule has 1 fully saturated rings. The summed E-state index contributed by atoms with van der Waals surface area (Å²) >= 11 is 0. The van der Waals surface area contributed by atoms with Gasteiger partial charge in [-0.1, -0.05) is 138 Å². The van der Waals surface area contributed by atoms with Crippen LogP contribution in [-0.4, -0.2) is 53.4 Å². The molecule has 3 aromatic rings. The molecule has 4 rings (SSSR count). The number of benzene rings is 3. The summed E-state index contributed by atoms with van der Waals surface area (Å²) in [6.45, 7) is 14.0. The van der Waals surface area contributed by atoms with Gasteiger partial charge in [0.25, 0.3) is 0 Å². The van der Waals surface area contributed by atoms with E-state index >= 15 is 0 Å². The van der Waals surface area contributed by atoms with E-state index in [4.69, 9.17) is 29.1 Å². The molecule has 1 aliphatic rings. The summed E-state index contributed by atoms with van der Waals surface area (Å²) in [4.78, 5) is 20.8. The monoisotopic (exact) mass is 658 g/mol. The van der Waals surface area contributed by atoms with E-state index in [9.17, 15) is 9.59 Å². The van der Waals surface area contributed by atoms with Crippen LogP contribution in [0.3, 0.4) is 0 Å². The van der Waals surface area contributed by atoms with Gasteiger partial charge in [0.05, 0.1) is 0 Å². The second-order valence-corrected chi connectivity index (χ2v) is 6.67. The van der Waals surface area contributed by atoms with Crippen molar-refractivity contribution < 1.29 is 36.4 Å². The van der Waals surface area contributed by atoms with Crippen molar-refractivity contribution in [1.82, 2.24) is 0 Å². The molecule has 1 N–H and O–H groups in total. The molecule has 4 nitrogen and oxygen atoms in total. The van der Waals surface area contributed by atoms with Crippen LogP contribution in [0.1, 0.15) is 86.8 Å². The molecule has 0 amide bonds. The Morgan fingerprint density at radius 3 is 1.44 bits per heavy atom. The smallest absolute Gasteiger partial charge is 1.00 e. The number of carbonyl (C=O) groups excluding carboxylic acids is 2. The Hall–Kier alpha value is -3.15. The number of ketones is 1. The van der Waals surface area contributed by atoms with Crippen LogP contribution in [0.2, 0.25) is 0 Å². The zero-order valence-electron chi connectivity index (χ0n) is 26.6. The van der Waals surface area contributed by atoms with Crippen molar-refractivity contribution >= 4 is 35.1 Å². The molecule has 228 valence electrons. The van der Waals surface area contributed by atoms with E-state index in [-0.39, 0.29) is 45.8 Å². The predicted molar refractivity (Wildman–Crippen MR) is 180 cm³/mol. The minimum Gasteiger partial charge on any atom is -1.00 e. The van der Waals surface area contributed by atoms with Crippen LogP contribution >= 0.6 is 0 Å². The SMILES string of the molecule is C#CC(=O)c1ccccc1.C#CC(O)c1ccccc1.C1CCOC1.CC.CC.CC.O=Cc1ccccc1.[Br-].[C-]#C.[Mg+2]. The molecule has 3 aromatic carbocycles. The van der Waals surface area contributed by atoms with Crippen LogP contribution in [0.15, 0.2) is 91.0 Å². The van der Waals surface area contributed by atoms with Gasteiger partial charge in [-0.05, 0) is 24.3 Å². The first-order valence-electron chi connectivity index (χ1n) is 13.7. The fourth-order valence-electron chi connectivity index (χ4n) is 2.45.